The third-order valence-electron chi connectivity index (χ3n) is 1.80. The van der Waals surface area contributed by atoms with E-state index in [0.717, 1.165) is 0 Å². The van der Waals surface area contributed by atoms with Crippen molar-refractivity contribution in [2.75, 3.05) is 6.54 Å². The van der Waals surface area contributed by atoms with E-state index in [1.54, 1.807) is 20.8 Å². The number of nitrogens with one attached hydrogen (secondary N) is 1. The SMILES string of the molecule is CC(C)(C)OC(=O)NCCC[C@H](N=[N+]=[N-])C(=O)O. The van der Waals surface area contributed by atoms with Gasteiger partial charge in [0.25, 0.3) is 0 Å². The van der Waals surface area contributed by atoms with Crippen molar-refractivity contribution < 1.29 is 19.4 Å². The molecule has 0 bridgehead atoms. The number of aliphatic carboxylic acids is 1. The molecule has 0 heterocycles. The molecule has 8 nitrogen and oxygen atoms in total. The maximum absolute atomic E-state index is 11.2. The second-order valence-electron chi connectivity index (χ2n) is 4.63. The largest absolute Gasteiger partial charge is 0.481 e. The highest BCUT2D eigenvalue weighted by molar-refractivity contribution is 5.73. The lowest BCUT2D eigenvalue weighted by molar-refractivity contribution is -0.138. The van der Waals surface area contributed by atoms with Gasteiger partial charge in [0.2, 0.25) is 0 Å². The van der Waals surface area contributed by atoms with Gasteiger partial charge in [0.1, 0.15) is 11.6 Å². The van der Waals surface area contributed by atoms with Crippen molar-refractivity contribution in [1.29, 1.82) is 0 Å². The van der Waals surface area contributed by atoms with Gasteiger partial charge in [0, 0.05) is 11.5 Å². The zero-order valence-corrected chi connectivity index (χ0v) is 10.7. The first-order valence-corrected chi connectivity index (χ1v) is 5.50. The normalized spacial score (nSPS) is 12.2. The van der Waals surface area contributed by atoms with Gasteiger partial charge < -0.3 is 15.2 Å². The molecule has 8 heteroatoms. The Labute approximate surface area is 105 Å². The second-order valence-corrected chi connectivity index (χ2v) is 4.63. The maximum Gasteiger partial charge on any atom is 0.407 e. The third kappa shape index (κ3) is 8.23. The molecule has 0 aliphatic carbocycles. The fourth-order valence-corrected chi connectivity index (χ4v) is 1.09. The number of hydrogen-bond acceptors (Lipinski definition) is 4. The monoisotopic (exact) mass is 258 g/mol. The van der Waals surface area contributed by atoms with Gasteiger partial charge in [-0.15, -0.1) is 0 Å². The Morgan fingerprint density at radius 2 is 2.11 bits per heavy atom. The quantitative estimate of drug-likeness (QED) is 0.327. The number of carboxylic acids is 1. The number of hydrogen-bond donors (Lipinski definition) is 2. The van der Waals surface area contributed by atoms with E-state index >= 15 is 0 Å². The zero-order chi connectivity index (χ0) is 14.2. The number of carbonyl (C=O) groups excluding carboxylic acids is 1. The van der Waals surface area contributed by atoms with Gasteiger partial charge in [-0.25, -0.2) is 4.79 Å². The minimum atomic E-state index is -1.18. The minimum absolute atomic E-state index is 0.162. The Morgan fingerprint density at radius 3 is 2.56 bits per heavy atom. The third-order valence-corrected chi connectivity index (χ3v) is 1.80. The summed E-state index contributed by atoms with van der Waals surface area (Å²) in [6.45, 7) is 5.50. The van der Waals surface area contributed by atoms with Crippen LogP contribution in [0.3, 0.4) is 0 Å². The zero-order valence-electron chi connectivity index (χ0n) is 10.7. The number of nitrogens with zero attached hydrogens (tertiary/aromatic N) is 3. The predicted octanol–water partition coefficient (Wildman–Crippen LogP) is 2.05. The standard InChI is InChI=1S/C10H18N4O4/c1-10(2,3)18-9(17)12-6-4-5-7(8(15)16)13-14-11/h7H,4-6H2,1-3H3,(H,12,17)(H,15,16)/t7-/m0/s1. The van der Waals surface area contributed by atoms with Crippen molar-refractivity contribution >= 4 is 12.1 Å². The van der Waals surface area contributed by atoms with Crippen molar-refractivity contribution in [3.05, 3.63) is 10.4 Å². The van der Waals surface area contributed by atoms with E-state index in [2.05, 4.69) is 15.3 Å². The van der Waals surface area contributed by atoms with E-state index in [1.807, 2.05) is 0 Å². The molecule has 0 aliphatic rings. The van der Waals surface area contributed by atoms with Crippen LogP contribution in [0, 0.1) is 0 Å². The molecule has 2 N–H and O–H groups in total. The van der Waals surface area contributed by atoms with Crippen LogP contribution in [0.2, 0.25) is 0 Å². The van der Waals surface area contributed by atoms with E-state index in [9.17, 15) is 9.59 Å². The fourth-order valence-electron chi connectivity index (χ4n) is 1.09. The first kappa shape index (κ1) is 16.1. The molecule has 18 heavy (non-hydrogen) atoms. The van der Waals surface area contributed by atoms with Crippen LogP contribution < -0.4 is 5.32 Å². The molecule has 0 radical (unpaired) electrons. The molecule has 0 saturated carbocycles. The van der Waals surface area contributed by atoms with Crippen LogP contribution >= 0.6 is 0 Å². The van der Waals surface area contributed by atoms with E-state index in [0.29, 0.717) is 6.42 Å². The van der Waals surface area contributed by atoms with Gasteiger partial charge in [-0.3, -0.25) is 4.79 Å². The number of azide groups is 1. The van der Waals surface area contributed by atoms with Gasteiger partial charge in [0.05, 0.1) is 0 Å². The lowest BCUT2D eigenvalue weighted by Crippen LogP contribution is -2.33. The lowest BCUT2D eigenvalue weighted by atomic mass is 10.2. The number of amides is 1. The number of carboxylic acid groups (broad SMARTS) is 1. The molecule has 0 rings (SSSR count). The molecular weight excluding hydrogens is 240 g/mol. The average Bonchev–Trinajstić information content (AvgIpc) is 2.19. The Hall–Kier alpha value is -1.95. The summed E-state index contributed by atoms with van der Waals surface area (Å²) in [5, 5.41) is 14.3. The number of alkyl carbamates (subject to hydrolysis) is 1. The molecule has 0 aromatic carbocycles. The Bertz CT molecular complexity index is 342. The highest BCUT2D eigenvalue weighted by Crippen LogP contribution is 2.07. The second kappa shape index (κ2) is 7.39. The topological polar surface area (TPSA) is 124 Å². The van der Waals surface area contributed by atoms with Crippen LogP contribution in [0.1, 0.15) is 33.6 Å². The average molecular weight is 258 g/mol. The summed E-state index contributed by atoms with van der Waals surface area (Å²) in [5.41, 5.74) is 7.59. The summed E-state index contributed by atoms with van der Waals surface area (Å²) in [5.74, 6) is -1.18. The fraction of sp³-hybridized carbons (Fsp3) is 0.800. The minimum Gasteiger partial charge on any atom is -0.481 e. The number of ether oxygens (including phenoxy) is 1. The molecule has 0 fully saturated rings. The summed E-state index contributed by atoms with van der Waals surface area (Å²) in [6, 6.07) is -1.10. The van der Waals surface area contributed by atoms with Crippen molar-refractivity contribution in [3.8, 4) is 0 Å². The molecule has 0 spiro atoms. The van der Waals surface area contributed by atoms with E-state index in [4.69, 9.17) is 15.4 Å². The Balaban J connectivity index is 3.88. The van der Waals surface area contributed by atoms with Crippen LogP contribution in [-0.4, -0.2) is 35.4 Å². The highest BCUT2D eigenvalue weighted by atomic mass is 16.6. The highest BCUT2D eigenvalue weighted by Gasteiger charge is 2.17. The van der Waals surface area contributed by atoms with Gasteiger partial charge in [0.15, 0.2) is 0 Å². The first-order chi connectivity index (χ1) is 8.26. The number of rotatable bonds is 6. The van der Waals surface area contributed by atoms with Crippen molar-refractivity contribution in [3.63, 3.8) is 0 Å². The van der Waals surface area contributed by atoms with Crippen molar-refractivity contribution in [2.45, 2.75) is 45.3 Å². The molecule has 0 aromatic heterocycles. The molecule has 0 saturated heterocycles. The predicted molar refractivity (Wildman–Crippen MR) is 64.0 cm³/mol. The van der Waals surface area contributed by atoms with Crippen molar-refractivity contribution in [1.82, 2.24) is 5.32 Å². The molecule has 102 valence electrons. The molecule has 1 atom stereocenters. The van der Waals surface area contributed by atoms with Crippen molar-refractivity contribution in [2.24, 2.45) is 5.11 Å². The summed E-state index contributed by atoms with van der Waals surface area (Å²) in [7, 11) is 0. The van der Waals surface area contributed by atoms with E-state index in [-0.39, 0.29) is 13.0 Å². The smallest absolute Gasteiger partial charge is 0.407 e. The van der Waals surface area contributed by atoms with Gasteiger partial charge in [-0.05, 0) is 39.1 Å². The first-order valence-electron chi connectivity index (χ1n) is 5.50. The van der Waals surface area contributed by atoms with Crippen LogP contribution in [0.4, 0.5) is 4.79 Å². The molecule has 1 amide bonds. The molecule has 0 aliphatic heterocycles. The molecule has 0 aromatic rings. The molecular formula is C10H18N4O4. The summed E-state index contributed by atoms with van der Waals surface area (Å²) >= 11 is 0. The van der Waals surface area contributed by atoms with E-state index < -0.39 is 23.7 Å². The number of carbonyl (C=O) groups is 2. The van der Waals surface area contributed by atoms with Gasteiger partial charge in [-0.2, -0.15) is 0 Å². The van der Waals surface area contributed by atoms with Crippen LogP contribution in [0.5, 0.6) is 0 Å². The summed E-state index contributed by atoms with van der Waals surface area (Å²) in [4.78, 5) is 24.3. The Kier molecular flexibility index (Phi) is 6.59. The molecule has 0 unspecified atom stereocenters. The summed E-state index contributed by atoms with van der Waals surface area (Å²) in [6.07, 6.45) is -0.0112. The Morgan fingerprint density at radius 1 is 1.50 bits per heavy atom. The van der Waals surface area contributed by atoms with Gasteiger partial charge >= 0.3 is 12.1 Å². The maximum atomic E-state index is 11.2. The van der Waals surface area contributed by atoms with Crippen LogP contribution in [-0.2, 0) is 9.53 Å². The lowest BCUT2D eigenvalue weighted by Gasteiger charge is -2.19. The van der Waals surface area contributed by atoms with E-state index in [1.165, 1.54) is 0 Å². The summed E-state index contributed by atoms with van der Waals surface area (Å²) < 4.78 is 4.99. The van der Waals surface area contributed by atoms with Crippen LogP contribution in [0.15, 0.2) is 5.11 Å². The van der Waals surface area contributed by atoms with Crippen LogP contribution in [0.25, 0.3) is 10.4 Å². The van der Waals surface area contributed by atoms with Gasteiger partial charge in [-0.1, -0.05) is 5.11 Å².